The standard InChI is InChI=1S/C14H16N6OS2/c1-2-3-8-20-14(17-18-19-20)22-9-12(21)16-13-15-10-6-4-5-7-11(10)23-13/h4-7H,2-3,8-9H2,1H3,(H,15,16,21). The van der Waals surface area contributed by atoms with Gasteiger partial charge in [-0.05, 0) is 29.0 Å². The first-order chi connectivity index (χ1) is 11.3. The van der Waals surface area contributed by atoms with E-state index in [1.807, 2.05) is 24.3 Å². The number of aromatic nitrogens is 5. The van der Waals surface area contributed by atoms with Crippen LogP contribution in [0.25, 0.3) is 10.2 Å². The van der Waals surface area contributed by atoms with E-state index in [2.05, 4.69) is 32.7 Å². The molecule has 0 unspecified atom stereocenters. The van der Waals surface area contributed by atoms with E-state index in [4.69, 9.17) is 0 Å². The van der Waals surface area contributed by atoms with Crippen molar-refractivity contribution in [3.63, 3.8) is 0 Å². The van der Waals surface area contributed by atoms with Crippen molar-refractivity contribution in [2.24, 2.45) is 0 Å². The van der Waals surface area contributed by atoms with Gasteiger partial charge in [0.2, 0.25) is 11.1 Å². The summed E-state index contributed by atoms with van der Waals surface area (Å²) in [5, 5.41) is 15.7. The minimum Gasteiger partial charge on any atom is -0.301 e. The van der Waals surface area contributed by atoms with Crippen LogP contribution in [0.5, 0.6) is 0 Å². The minimum absolute atomic E-state index is 0.112. The van der Waals surface area contributed by atoms with Gasteiger partial charge in [-0.1, -0.05) is 48.6 Å². The average Bonchev–Trinajstić information content (AvgIpc) is 3.16. The van der Waals surface area contributed by atoms with E-state index in [1.165, 1.54) is 23.1 Å². The Hall–Kier alpha value is -2.00. The maximum atomic E-state index is 12.1. The van der Waals surface area contributed by atoms with E-state index in [1.54, 1.807) is 4.68 Å². The predicted octanol–water partition coefficient (Wildman–Crippen LogP) is 2.81. The fraction of sp³-hybridized carbons (Fsp3) is 0.357. The van der Waals surface area contributed by atoms with E-state index in [0.717, 1.165) is 29.6 Å². The molecule has 3 rings (SSSR count). The Kier molecular flexibility index (Phi) is 5.19. The number of aryl methyl sites for hydroxylation is 1. The second kappa shape index (κ2) is 7.51. The molecule has 0 fully saturated rings. The Balaban J connectivity index is 1.56. The molecule has 0 atom stereocenters. The molecule has 0 saturated heterocycles. The molecule has 9 heteroatoms. The number of tetrazole rings is 1. The van der Waals surface area contributed by atoms with E-state index < -0.39 is 0 Å². The van der Waals surface area contributed by atoms with Gasteiger partial charge in [-0.15, -0.1) is 5.10 Å². The van der Waals surface area contributed by atoms with Gasteiger partial charge >= 0.3 is 0 Å². The fourth-order valence-electron chi connectivity index (χ4n) is 1.96. The van der Waals surface area contributed by atoms with Gasteiger partial charge in [-0.25, -0.2) is 9.67 Å². The highest BCUT2D eigenvalue weighted by Gasteiger charge is 2.11. The number of unbranched alkanes of at least 4 members (excludes halogenated alkanes) is 1. The number of benzene rings is 1. The molecule has 0 bridgehead atoms. The van der Waals surface area contributed by atoms with Crippen molar-refractivity contribution in [3.05, 3.63) is 24.3 Å². The molecule has 0 aliphatic carbocycles. The molecular formula is C14H16N6OS2. The second-order valence-electron chi connectivity index (χ2n) is 4.86. The van der Waals surface area contributed by atoms with Crippen molar-refractivity contribution in [1.82, 2.24) is 25.2 Å². The van der Waals surface area contributed by atoms with Gasteiger partial charge in [-0.3, -0.25) is 4.79 Å². The molecule has 0 radical (unpaired) electrons. The molecule has 0 saturated carbocycles. The number of thioether (sulfide) groups is 1. The van der Waals surface area contributed by atoms with E-state index in [0.29, 0.717) is 10.3 Å². The molecular weight excluding hydrogens is 332 g/mol. The molecule has 2 aromatic heterocycles. The Morgan fingerprint density at radius 2 is 2.26 bits per heavy atom. The molecule has 1 aromatic carbocycles. The molecule has 0 spiro atoms. The number of thiazole rings is 1. The van der Waals surface area contributed by atoms with Gasteiger partial charge in [0.05, 0.1) is 16.0 Å². The third-order valence-electron chi connectivity index (χ3n) is 3.10. The van der Waals surface area contributed by atoms with E-state index in [9.17, 15) is 4.79 Å². The second-order valence-corrected chi connectivity index (χ2v) is 6.83. The highest BCUT2D eigenvalue weighted by Crippen LogP contribution is 2.25. The molecule has 120 valence electrons. The van der Waals surface area contributed by atoms with Crippen molar-refractivity contribution in [1.29, 1.82) is 0 Å². The van der Waals surface area contributed by atoms with Crippen LogP contribution in [0.1, 0.15) is 19.8 Å². The van der Waals surface area contributed by atoms with Crippen LogP contribution >= 0.6 is 23.1 Å². The molecule has 1 N–H and O–H groups in total. The number of hydrogen-bond donors (Lipinski definition) is 1. The van der Waals surface area contributed by atoms with Crippen molar-refractivity contribution < 1.29 is 4.79 Å². The molecule has 2 heterocycles. The zero-order valence-corrected chi connectivity index (χ0v) is 14.2. The van der Waals surface area contributed by atoms with Crippen molar-refractivity contribution in [2.75, 3.05) is 11.1 Å². The number of carbonyl (C=O) groups is 1. The summed E-state index contributed by atoms with van der Waals surface area (Å²) in [6, 6.07) is 7.80. The van der Waals surface area contributed by atoms with Crippen molar-refractivity contribution in [2.45, 2.75) is 31.5 Å². The van der Waals surface area contributed by atoms with Crippen LogP contribution in [-0.4, -0.2) is 36.9 Å². The number of amides is 1. The number of carbonyl (C=O) groups excluding carboxylic acids is 1. The van der Waals surface area contributed by atoms with E-state index in [-0.39, 0.29) is 11.7 Å². The summed E-state index contributed by atoms with van der Waals surface area (Å²) in [6.07, 6.45) is 2.08. The molecule has 0 aliphatic rings. The molecule has 23 heavy (non-hydrogen) atoms. The van der Waals surface area contributed by atoms with Crippen LogP contribution in [0.3, 0.4) is 0 Å². The molecule has 3 aromatic rings. The summed E-state index contributed by atoms with van der Waals surface area (Å²) in [7, 11) is 0. The highest BCUT2D eigenvalue weighted by molar-refractivity contribution is 7.99. The lowest BCUT2D eigenvalue weighted by atomic mass is 10.3. The van der Waals surface area contributed by atoms with Crippen LogP contribution in [0, 0.1) is 0 Å². The first kappa shape index (κ1) is 15.9. The lowest BCUT2D eigenvalue weighted by Gasteiger charge is -2.03. The summed E-state index contributed by atoms with van der Waals surface area (Å²) in [5.74, 6) is 0.140. The Morgan fingerprint density at radius 1 is 1.39 bits per heavy atom. The SMILES string of the molecule is CCCCn1nnnc1SCC(=O)Nc1nc2ccccc2s1. The average molecular weight is 348 g/mol. The zero-order chi connectivity index (χ0) is 16.1. The number of rotatable bonds is 7. The summed E-state index contributed by atoms with van der Waals surface area (Å²) in [4.78, 5) is 16.5. The largest absolute Gasteiger partial charge is 0.301 e. The van der Waals surface area contributed by atoms with Crippen LogP contribution < -0.4 is 5.32 Å². The van der Waals surface area contributed by atoms with Crippen LogP contribution in [0.2, 0.25) is 0 Å². The van der Waals surface area contributed by atoms with Crippen LogP contribution in [0.15, 0.2) is 29.4 Å². The van der Waals surface area contributed by atoms with Gasteiger partial charge in [0.1, 0.15) is 0 Å². The summed E-state index contributed by atoms with van der Waals surface area (Å²) < 4.78 is 2.79. The van der Waals surface area contributed by atoms with Gasteiger partial charge in [0, 0.05) is 6.54 Å². The summed E-state index contributed by atoms with van der Waals surface area (Å²) >= 11 is 2.80. The molecule has 1 amide bonds. The normalized spacial score (nSPS) is 11.0. The zero-order valence-electron chi connectivity index (χ0n) is 12.6. The number of para-hydroxylation sites is 1. The number of nitrogens with one attached hydrogen (secondary N) is 1. The Bertz CT molecular complexity index is 766. The minimum atomic E-state index is -0.112. The highest BCUT2D eigenvalue weighted by atomic mass is 32.2. The van der Waals surface area contributed by atoms with Crippen LogP contribution in [0.4, 0.5) is 5.13 Å². The topological polar surface area (TPSA) is 85.6 Å². The van der Waals surface area contributed by atoms with Gasteiger partial charge in [0.25, 0.3) is 0 Å². The van der Waals surface area contributed by atoms with Gasteiger partial charge in [0.15, 0.2) is 5.13 Å². The number of anilines is 1. The summed E-state index contributed by atoms with van der Waals surface area (Å²) in [6.45, 7) is 2.88. The molecule has 0 aliphatic heterocycles. The van der Waals surface area contributed by atoms with Gasteiger partial charge in [-0.2, -0.15) is 0 Å². The van der Waals surface area contributed by atoms with Crippen molar-refractivity contribution in [3.8, 4) is 0 Å². The number of nitrogens with zero attached hydrogens (tertiary/aromatic N) is 5. The molecule has 7 nitrogen and oxygen atoms in total. The third kappa shape index (κ3) is 4.05. The maximum absolute atomic E-state index is 12.1. The smallest absolute Gasteiger partial charge is 0.236 e. The van der Waals surface area contributed by atoms with Crippen molar-refractivity contribution >= 4 is 44.4 Å². The fourth-order valence-corrected chi connectivity index (χ4v) is 3.54. The quantitative estimate of drug-likeness (QED) is 0.661. The lowest BCUT2D eigenvalue weighted by molar-refractivity contribution is -0.113. The Labute approximate surface area is 141 Å². The lowest BCUT2D eigenvalue weighted by Crippen LogP contribution is -2.14. The predicted molar refractivity (Wildman–Crippen MR) is 91.7 cm³/mol. The van der Waals surface area contributed by atoms with E-state index >= 15 is 0 Å². The third-order valence-corrected chi connectivity index (χ3v) is 5.00. The monoisotopic (exact) mass is 348 g/mol. The summed E-state index contributed by atoms with van der Waals surface area (Å²) in [5.41, 5.74) is 0.893. The first-order valence-corrected chi connectivity index (χ1v) is 9.11. The number of fused-ring (bicyclic) bond motifs is 1. The van der Waals surface area contributed by atoms with Gasteiger partial charge < -0.3 is 5.32 Å². The first-order valence-electron chi connectivity index (χ1n) is 7.30. The Morgan fingerprint density at radius 3 is 3.09 bits per heavy atom. The maximum Gasteiger partial charge on any atom is 0.236 e. The number of hydrogen-bond acceptors (Lipinski definition) is 7. The van der Waals surface area contributed by atoms with Crippen LogP contribution in [-0.2, 0) is 11.3 Å².